The van der Waals surface area contributed by atoms with Crippen molar-refractivity contribution in [2.75, 3.05) is 11.6 Å². The van der Waals surface area contributed by atoms with Crippen molar-refractivity contribution >= 4 is 16.7 Å². The zero-order valence-corrected chi connectivity index (χ0v) is 15.6. The summed E-state index contributed by atoms with van der Waals surface area (Å²) in [7, 11) is 0. The summed E-state index contributed by atoms with van der Waals surface area (Å²) < 4.78 is 51.4. The molecule has 2 heterocycles. The maximum absolute atomic E-state index is 13.4. The molecule has 0 aliphatic carbocycles. The third kappa shape index (κ3) is 2.82. The third-order valence-electron chi connectivity index (χ3n) is 5.28. The van der Waals surface area contributed by atoms with Gasteiger partial charge in [-0.05, 0) is 44.5 Å². The van der Waals surface area contributed by atoms with Gasteiger partial charge in [-0.2, -0.15) is 13.2 Å². The fraction of sp³-hybridized carbons (Fsp3) is 0.286. The zero-order valence-electron chi connectivity index (χ0n) is 15.6. The zero-order chi connectivity index (χ0) is 20.2. The second kappa shape index (κ2) is 6.29. The van der Waals surface area contributed by atoms with Crippen LogP contribution in [0.4, 0.5) is 18.9 Å². The van der Waals surface area contributed by atoms with Gasteiger partial charge >= 0.3 is 11.8 Å². The highest BCUT2D eigenvalue weighted by Crippen LogP contribution is 2.41. The predicted octanol–water partition coefficient (Wildman–Crippen LogP) is 5.09. The average Bonchev–Trinajstić information content (AvgIpc) is 2.66. The van der Waals surface area contributed by atoms with E-state index in [4.69, 9.17) is 9.15 Å². The van der Waals surface area contributed by atoms with Gasteiger partial charge in [0.2, 0.25) is 0 Å². The molecule has 4 rings (SSSR count). The molecule has 0 fully saturated rings. The van der Waals surface area contributed by atoms with E-state index >= 15 is 0 Å². The summed E-state index contributed by atoms with van der Waals surface area (Å²) in [5.74, 6) is 0.555. The number of anilines is 1. The van der Waals surface area contributed by atoms with Crippen LogP contribution in [0.15, 0.2) is 39.5 Å². The van der Waals surface area contributed by atoms with Crippen molar-refractivity contribution in [2.45, 2.75) is 33.5 Å². The van der Waals surface area contributed by atoms with E-state index in [-0.39, 0.29) is 19.0 Å². The minimum atomic E-state index is -4.45. The van der Waals surface area contributed by atoms with Gasteiger partial charge in [0.25, 0.3) is 0 Å². The lowest BCUT2D eigenvalue weighted by atomic mass is 9.99. The summed E-state index contributed by atoms with van der Waals surface area (Å²) in [4.78, 5) is 13.6. The number of hydrogen-bond donors (Lipinski definition) is 0. The van der Waals surface area contributed by atoms with E-state index in [9.17, 15) is 18.0 Å². The van der Waals surface area contributed by atoms with Crippen LogP contribution in [0.25, 0.3) is 11.0 Å². The van der Waals surface area contributed by atoms with Gasteiger partial charge in [0, 0.05) is 28.6 Å². The molecule has 7 heteroatoms. The molecule has 1 aliphatic rings. The van der Waals surface area contributed by atoms with Crippen LogP contribution in [0.5, 0.6) is 5.75 Å². The quantitative estimate of drug-likeness (QED) is 0.544. The maximum Gasteiger partial charge on any atom is 0.418 e. The normalized spacial score (nSPS) is 14.1. The largest absolute Gasteiger partial charge is 0.472 e. The molecule has 0 N–H and O–H groups in total. The van der Waals surface area contributed by atoms with Crippen LogP contribution in [-0.4, -0.2) is 6.73 Å². The lowest BCUT2D eigenvalue weighted by Crippen LogP contribution is -2.33. The summed E-state index contributed by atoms with van der Waals surface area (Å²) in [5, 5.41) is 0.767. The second-order valence-electron chi connectivity index (χ2n) is 6.99. The Labute approximate surface area is 159 Å². The van der Waals surface area contributed by atoms with Gasteiger partial charge in [-0.25, -0.2) is 4.79 Å². The molecule has 0 saturated heterocycles. The Morgan fingerprint density at radius 3 is 2.46 bits per heavy atom. The third-order valence-corrected chi connectivity index (χ3v) is 5.28. The van der Waals surface area contributed by atoms with Crippen LogP contribution in [0.3, 0.4) is 0 Å². The number of ether oxygens (including phenoxy) is 1. The molecule has 4 nitrogen and oxygen atoms in total. The van der Waals surface area contributed by atoms with Gasteiger partial charge in [0.05, 0.1) is 11.3 Å². The molecule has 3 aromatic rings. The minimum Gasteiger partial charge on any atom is -0.472 e. The predicted molar refractivity (Wildman–Crippen MR) is 99.8 cm³/mol. The summed E-state index contributed by atoms with van der Waals surface area (Å²) in [6.45, 7) is 5.55. The number of aryl methyl sites for hydroxylation is 2. The summed E-state index contributed by atoms with van der Waals surface area (Å²) in [6.07, 6.45) is -4.45. The van der Waals surface area contributed by atoms with Crippen molar-refractivity contribution in [3.63, 3.8) is 0 Å². The molecule has 1 aromatic heterocycles. The number of para-hydroxylation sites is 1. The van der Waals surface area contributed by atoms with E-state index in [1.807, 2.05) is 13.0 Å². The molecule has 0 bridgehead atoms. The highest BCUT2D eigenvalue weighted by Gasteiger charge is 2.35. The van der Waals surface area contributed by atoms with Crippen molar-refractivity contribution < 1.29 is 22.3 Å². The number of rotatable bonds is 1. The summed E-state index contributed by atoms with van der Waals surface area (Å²) in [5.41, 5.74) is 2.18. The molecule has 0 atom stereocenters. The Bertz CT molecular complexity index is 1150. The molecule has 28 heavy (non-hydrogen) atoms. The Balaban J connectivity index is 1.84. The molecule has 0 unspecified atom stereocenters. The standard InChI is InChI=1S/C21H18F3NO3/c1-11-12(2)20(26)28-19-13(3)18-14(8-15(11)19)9-25(10-27-18)17-7-5-4-6-16(17)21(22,23)24/h4-8H,9-10H2,1-3H3. The Morgan fingerprint density at radius 1 is 1.04 bits per heavy atom. The van der Waals surface area contributed by atoms with Gasteiger partial charge in [-0.1, -0.05) is 12.1 Å². The van der Waals surface area contributed by atoms with E-state index < -0.39 is 17.4 Å². The van der Waals surface area contributed by atoms with Crippen molar-refractivity contribution in [2.24, 2.45) is 0 Å². The first kappa shape index (κ1) is 18.4. The lowest BCUT2D eigenvalue weighted by molar-refractivity contribution is -0.137. The van der Waals surface area contributed by atoms with Crippen LogP contribution in [0.2, 0.25) is 0 Å². The maximum atomic E-state index is 13.4. The second-order valence-corrected chi connectivity index (χ2v) is 6.99. The van der Waals surface area contributed by atoms with Crippen LogP contribution >= 0.6 is 0 Å². The molecule has 0 spiro atoms. The van der Waals surface area contributed by atoms with Gasteiger partial charge in [-0.15, -0.1) is 0 Å². The topological polar surface area (TPSA) is 42.7 Å². The van der Waals surface area contributed by atoms with E-state index in [2.05, 4.69) is 0 Å². The van der Waals surface area contributed by atoms with Crippen molar-refractivity contribution in [1.29, 1.82) is 0 Å². The van der Waals surface area contributed by atoms with Gasteiger partial charge < -0.3 is 14.1 Å². The smallest absolute Gasteiger partial charge is 0.418 e. The highest BCUT2D eigenvalue weighted by molar-refractivity contribution is 5.87. The van der Waals surface area contributed by atoms with Crippen LogP contribution in [0.1, 0.15) is 27.8 Å². The molecule has 1 aliphatic heterocycles. The number of halogens is 3. The van der Waals surface area contributed by atoms with Crippen LogP contribution in [-0.2, 0) is 12.7 Å². The fourth-order valence-electron chi connectivity index (χ4n) is 3.64. The van der Waals surface area contributed by atoms with E-state index in [1.165, 1.54) is 12.1 Å². The van der Waals surface area contributed by atoms with Crippen molar-refractivity contribution in [1.82, 2.24) is 0 Å². The van der Waals surface area contributed by atoms with Crippen molar-refractivity contribution in [3.8, 4) is 5.75 Å². The number of fused-ring (bicyclic) bond motifs is 2. The molecule has 146 valence electrons. The van der Waals surface area contributed by atoms with Crippen molar-refractivity contribution in [3.05, 3.63) is 68.6 Å². The molecular formula is C21H18F3NO3. The average molecular weight is 389 g/mol. The fourth-order valence-corrected chi connectivity index (χ4v) is 3.64. The summed E-state index contributed by atoms with van der Waals surface area (Å²) >= 11 is 0. The molecular weight excluding hydrogens is 371 g/mol. The van der Waals surface area contributed by atoms with Crippen LogP contribution < -0.4 is 15.3 Å². The van der Waals surface area contributed by atoms with E-state index in [0.29, 0.717) is 22.5 Å². The van der Waals surface area contributed by atoms with E-state index in [1.54, 1.807) is 24.8 Å². The van der Waals surface area contributed by atoms with Crippen LogP contribution in [0, 0.1) is 20.8 Å². The Hall–Kier alpha value is -2.96. The number of hydrogen-bond acceptors (Lipinski definition) is 4. The lowest BCUT2D eigenvalue weighted by Gasteiger charge is -2.33. The van der Waals surface area contributed by atoms with Gasteiger partial charge in [0.15, 0.2) is 6.73 Å². The number of benzene rings is 2. The van der Waals surface area contributed by atoms with Gasteiger partial charge in [-0.3, -0.25) is 0 Å². The first-order chi connectivity index (χ1) is 13.2. The monoisotopic (exact) mass is 389 g/mol. The van der Waals surface area contributed by atoms with Gasteiger partial charge in [0.1, 0.15) is 11.3 Å². The SMILES string of the molecule is Cc1c(C)c2cc3c(c(C)c2oc1=O)OCN(c1ccccc1C(F)(F)F)C3. The molecule has 2 aromatic carbocycles. The molecule has 0 amide bonds. The number of alkyl halides is 3. The summed E-state index contributed by atoms with van der Waals surface area (Å²) in [6, 6.07) is 7.30. The molecule has 0 radical (unpaired) electrons. The first-order valence-electron chi connectivity index (χ1n) is 8.79. The molecule has 0 saturated carbocycles. The first-order valence-corrected chi connectivity index (χ1v) is 8.79. The Morgan fingerprint density at radius 2 is 1.75 bits per heavy atom. The number of nitrogens with zero attached hydrogens (tertiary/aromatic N) is 1. The highest BCUT2D eigenvalue weighted by atomic mass is 19.4. The van der Waals surface area contributed by atoms with E-state index in [0.717, 1.165) is 22.6 Å². The minimum absolute atomic E-state index is 0.0263. The Kier molecular flexibility index (Phi) is 4.14.